The van der Waals surface area contributed by atoms with Crippen molar-refractivity contribution in [3.05, 3.63) is 46.5 Å². The Morgan fingerprint density at radius 1 is 1.33 bits per heavy atom. The van der Waals surface area contributed by atoms with Crippen LogP contribution in [0.5, 0.6) is 0 Å². The van der Waals surface area contributed by atoms with Crippen LogP contribution < -0.4 is 21.5 Å². The zero-order valence-electron chi connectivity index (χ0n) is 19.4. The number of carbonyl (C=O) groups excluding carboxylic acids is 1. The van der Waals surface area contributed by atoms with Crippen LogP contribution in [-0.2, 0) is 0 Å². The Balaban J connectivity index is 1.68. The number of rotatable bonds is 6. The van der Waals surface area contributed by atoms with Crippen LogP contribution in [0.1, 0.15) is 62.9 Å². The minimum Gasteiger partial charge on any atom is -0.388 e. The highest BCUT2D eigenvalue weighted by atomic mass is 16.3. The average Bonchev–Trinajstić information content (AvgIpc) is 3.20. The summed E-state index contributed by atoms with van der Waals surface area (Å²) in [6.07, 6.45) is 6.47. The molecule has 0 radical (unpaired) electrons. The van der Waals surface area contributed by atoms with Crippen LogP contribution >= 0.6 is 0 Å². The molecule has 10 heteroatoms. The SMILES string of the molecule is CNc1cc(Nc2cccn(C(C)C)c2=O)nc2c(C(=O)N[C@H]3CCCC[C@]3(C)O)cnn12. The van der Waals surface area contributed by atoms with Crippen molar-refractivity contribution in [1.29, 1.82) is 0 Å². The highest BCUT2D eigenvalue weighted by molar-refractivity contribution is 6.00. The standard InChI is InChI=1S/C23H31N7O3/c1-14(2)29-11-7-8-16(22(29)32)26-18-12-19(24-4)30-20(28-18)15(13-25-30)21(31)27-17-9-5-6-10-23(17,3)33/h7-8,11-14,17,24,33H,5-6,9-10H2,1-4H3,(H,26,28)(H,27,31)/t17-,23-/m0/s1. The van der Waals surface area contributed by atoms with Crippen LogP contribution in [0.2, 0.25) is 0 Å². The molecule has 2 atom stereocenters. The first-order valence-corrected chi connectivity index (χ1v) is 11.3. The van der Waals surface area contributed by atoms with E-state index in [1.807, 2.05) is 13.8 Å². The molecule has 33 heavy (non-hydrogen) atoms. The molecule has 1 aliphatic carbocycles. The van der Waals surface area contributed by atoms with Crippen LogP contribution in [-0.4, -0.2) is 48.9 Å². The lowest BCUT2D eigenvalue weighted by Crippen LogP contribution is -2.52. The molecular formula is C23H31N7O3. The molecule has 0 unspecified atom stereocenters. The van der Waals surface area contributed by atoms with Gasteiger partial charge in [-0.1, -0.05) is 12.8 Å². The summed E-state index contributed by atoms with van der Waals surface area (Å²) < 4.78 is 3.17. The Morgan fingerprint density at radius 2 is 2.12 bits per heavy atom. The molecule has 3 aromatic rings. The van der Waals surface area contributed by atoms with Gasteiger partial charge >= 0.3 is 0 Å². The zero-order valence-corrected chi connectivity index (χ0v) is 19.4. The highest BCUT2D eigenvalue weighted by Gasteiger charge is 2.36. The first kappa shape index (κ1) is 22.8. The molecule has 4 N–H and O–H groups in total. The van der Waals surface area contributed by atoms with Crippen LogP contribution in [0, 0.1) is 0 Å². The molecule has 1 aliphatic rings. The van der Waals surface area contributed by atoms with Gasteiger partial charge in [0.05, 0.1) is 17.8 Å². The van der Waals surface area contributed by atoms with Crippen molar-refractivity contribution in [2.75, 3.05) is 17.7 Å². The van der Waals surface area contributed by atoms with E-state index in [1.54, 1.807) is 42.9 Å². The molecule has 176 valence electrons. The fraction of sp³-hybridized carbons (Fsp3) is 0.478. The molecule has 3 heterocycles. The number of carbonyl (C=O) groups is 1. The van der Waals surface area contributed by atoms with Crippen molar-refractivity contribution in [2.45, 2.75) is 64.1 Å². The third-order valence-corrected chi connectivity index (χ3v) is 6.25. The van der Waals surface area contributed by atoms with Crippen molar-refractivity contribution in [2.24, 2.45) is 0 Å². The van der Waals surface area contributed by atoms with Crippen LogP contribution in [0.25, 0.3) is 5.65 Å². The Hall–Kier alpha value is -3.40. The molecule has 0 bridgehead atoms. The summed E-state index contributed by atoms with van der Waals surface area (Å²) in [4.78, 5) is 30.5. The van der Waals surface area contributed by atoms with Gasteiger partial charge in [-0.05, 0) is 45.7 Å². The Morgan fingerprint density at radius 3 is 2.82 bits per heavy atom. The quantitative estimate of drug-likeness (QED) is 0.452. The molecular weight excluding hydrogens is 422 g/mol. The Bertz CT molecular complexity index is 1230. The molecule has 0 aliphatic heterocycles. The van der Waals surface area contributed by atoms with E-state index >= 15 is 0 Å². The molecule has 4 rings (SSSR count). The third kappa shape index (κ3) is 4.43. The maximum atomic E-state index is 13.1. The number of hydrogen-bond acceptors (Lipinski definition) is 7. The normalized spacial score (nSPS) is 20.7. The minimum absolute atomic E-state index is 0.0182. The van der Waals surface area contributed by atoms with E-state index < -0.39 is 5.60 Å². The number of aliphatic hydroxyl groups is 1. The van der Waals surface area contributed by atoms with Gasteiger partial charge in [-0.3, -0.25) is 9.59 Å². The fourth-order valence-corrected chi connectivity index (χ4v) is 4.30. The van der Waals surface area contributed by atoms with Crippen molar-refractivity contribution in [3.63, 3.8) is 0 Å². The monoisotopic (exact) mass is 453 g/mol. The smallest absolute Gasteiger partial charge is 0.274 e. The van der Waals surface area contributed by atoms with E-state index in [9.17, 15) is 14.7 Å². The lowest BCUT2D eigenvalue weighted by molar-refractivity contribution is -0.00860. The minimum atomic E-state index is -0.948. The summed E-state index contributed by atoms with van der Waals surface area (Å²) in [5, 5.41) is 24.1. The lowest BCUT2D eigenvalue weighted by Gasteiger charge is -2.37. The predicted molar refractivity (Wildman–Crippen MR) is 127 cm³/mol. The van der Waals surface area contributed by atoms with Crippen LogP contribution in [0.15, 0.2) is 35.4 Å². The number of pyridine rings is 1. The Kier molecular flexibility index (Phi) is 6.11. The molecule has 1 saturated carbocycles. The van der Waals surface area contributed by atoms with Gasteiger partial charge in [0.25, 0.3) is 11.5 Å². The van der Waals surface area contributed by atoms with E-state index in [4.69, 9.17) is 0 Å². The molecule has 3 aromatic heterocycles. The number of nitrogens with one attached hydrogen (secondary N) is 3. The van der Waals surface area contributed by atoms with Gasteiger partial charge in [0.1, 0.15) is 22.9 Å². The third-order valence-electron chi connectivity index (χ3n) is 6.25. The molecule has 10 nitrogen and oxygen atoms in total. The van der Waals surface area contributed by atoms with Gasteiger partial charge in [-0.2, -0.15) is 9.61 Å². The summed E-state index contributed by atoms with van der Waals surface area (Å²) in [5.74, 6) is 0.668. The largest absolute Gasteiger partial charge is 0.388 e. The van der Waals surface area contributed by atoms with Crippen LogP contribution in [0.4, 0.5) is 17.3 Å². The van der Waals surface area contributed by atoms with Gasteiger partial charge in [0.15, 0.2) is 5.65 Å². The lowest BCUT2D eigenvalue weighted by atomic mass is 9.81. The van der Waals surface area contributed by atoms with Crippen molar-refractivity contribution < 1.29 is 9.90 Å². The average molecular weight is 454 g/mol. The number of nitrogens with zero attached hydrogens (tertiary/aromatic N) is 4. The summed E-state index contributed by atoms with van der Waals surface area (Å²) in [6, 6.07) is 4.90. The summed E-state index contributed by atoms with van der Waals surface area (Å²) in [7, 11) is 1.74. The summed E-state index contributed by atoms with van der Waals surface area (Å²) in [5.41, 5.74) is -0.0850. The van der Waals surface area contributed by atoms with Crippen LogP contribution in [0.3, 0.4) is 0 Å². The molecule has 0 spiro atoms. The van der Waals surface area contributed by atoms with E-state index in [0.717, 1.165) is 19.3 Å². The molecule has 0 saturated heterocycles. The second-order valence-corrected chi connectivity index (χ2v) is 9.05. The molecule has 0 aromatic carbocycles. The molecule has 1 fully saturated rings. The van der Waals surface area contributed by atoms with Crippen molar-refractivity contribution >= 4 is 28.9 Å². The summed E-state index contributed by atoms with van der Waals surface area (Å²) in [6.45, 7) is 5.64. The molecule has 1 amide bonds. The van der Waals surface area contributed by atoms with Crippen molar-refractivity contribution in [3.8, 4) is 0 Å². The van der Waals surface area contributed by atoms with E-state index in [0.29, 0.717) is 35.0 Å². The number of anilines is 3. The number of fused-ring (bicyclic) bond motifs is 1. The fourth-order valence-electron chi connectivity index (χ4n) is 4.30. The zero-order chi connectivity index (χ0) is 23.8. The number of aromatic nitrogens is 4. The van der Waals surface area contributed by atoms with Gasteiger partial charge in [0.2, 0.25) is 0 Å². The van der Waals surface area contributed by atoms with E-state index in [-0.39, 0.29) is 23.6 Å². The predicted octanol–water partition coefficient (Wildman–Crippen LogP) is 2.68. The first-order valence-electron chi connectivity index (χ1n) is 11.3. The van der Waals surface area contributed by atoms with E-state index in [1.165, 1.54) is 10.7 Å². The number of hydrogen-bond donors (Lipinski definition) is 4. The summed E-state index contributed by atoms with van der Waals surface area (Å²) >= 11 is 0. The number of amides is 1. The Labute approximate surface area is 192 Å². The second-order valence-electron chi connectivity index (χ2n) is 9.05. The second kappa shape index (κ2) is 8.86. The topological polar surface area (TPSA) is 126 Å². The van der Waals surface area contributed by atoms with Gasteiger partial charge in [0, 0.05) is 25.4 Å². The highest BCUT2D eigenvalue weighted by Crippen LogP contribution is 2.28. The maximum absolute atomic E-state index is 13.1. The maximum Gasteiger partial charge on any atom is 0.274 e. The van der Waals surface area contributed by atoms with Gasteiger partial charge < -0.3 is 25.6 Å². The van der Waals surface area contributed by atoms with Gasteiger partial charge in [-0.25, -0.2) is 4.98 Å². The van der Waals surface area contributed by atoms with E-state index in [2.05, 4.69) is 26.0 Å². The van der Waals surface area contributed by atoms with Crippen molar-refractivity contribution in [1.82, 2.24) is 24.5 Å². The van der Waals surface area contributed by atoms with Gasteiger partial charge in [-0.15, -0.1) is 0 Å². The first-order chi connectivity index (χ1) is 15.7.